The van der Waals surface area contributed by atoms with E-state index < -0.39 is 0 Å². The SMILES string of the molecule is O=C(CSCc1cccnc1)Nc1cccc(C(=O)N2CCOCC2)c1. The molecule has 2 amide bonds. The predicted molar refractivity (Wildman–Crippen MR) is 102 cm³/mol. The van der Waals surface area contributed by atoms with Crippen molar-refractivity contribution in [3.05, 3.63) is 59.9 Å². The van der Waals surface area contributed by atoms with Crippen LogP contribution in [0.15, 0.2) is 48.8 Å². The zero-order valence-electron chi connectivity index (χ0n) is 14.4. The summed E-state index contributed by atoms with van der Waals surface area (Å²) in [6.07, 6.45) is 3.53. The van der Waals surface area contributed by atoms with Crippen molar-refractivity contribution in [2.24, 2.45) is 0 Å². The number of nitrogens with one attached hydrogen (secondary N) is 1. The molecule has 1 aliphatic rings. The first-order valence-corrected chi connectivity index (χ1v) is 9.61. The summed E-state index contributed by atoms with van der Waals surface area (Å²) in [6, 6.07) is 10.9. The first kappa shape index (κ1) is 18.4. The van der Waals surface area contributed by atoms with Crippen LogP contribution < -0.4 is 5.32 Å². The standard InChI is InChI=1S/C19H21N3O3S/c23-18(14-26-13-15-3-2-6-20-12-15)21-17-5-1-4-16(11-17)19(24)22-7-9-25-10-8-22/h1-6,11-12H,7-10,13-14H2,(H,21,23). The lowest BCUT2D eigenvalue weighted by Gasteiger charge is -2.27. The number of benzene rings is 1. The van der Waals surface area contributed by atoms with Gasteiger partial charge in [-0.1, -0.05) is 12.1 Å². The van der Waals surface area contributed by atoms with E-state index in [0.29, 0.717) is 43.3 Å². The third kappa shape index (κ3) is 5.31. The number of carbonyl (C=O) groups is 2. The van der Waals surface area contributed by atoms with E-state index >= 15 is 0 Å². The van der Waals surface area contributed by atoms with Crippen LogP contribution in [-0.2, 0) is 15.3 Å². The topological polar surface area (TPSA) is 71.5 Å². The normalized spacial score (nSPS) is 14.1. The van der Waals surface area contributed by atoms with Gasteiger partial charge in [-0.3, -0.25) is 14.6 Å². The number of nitrogens with zero attached hydrogens (tertiary/aromatic N) is 2. The van der Waals surface area contributed by atoms with Crippen LogP contribution in [0.1, 0.15) is 15.9 Å². The molecular formula is C19H21N3O3S. The quantitative estimate of drug-likeness (QED) is 0.844. The maximum Gasteiger partial charge on any atom is 0.254 e. The molecule has 1 aromatic carbocycles. The Balaban J connectivity index is 1.51. The van der Waals surface area contributed by atoms with Gasteiger partial charge in [-0.25, -0.2) is 0 Å². The average molecular weight is 371 g/mol. The van der Waals surface area contributed by atoms with Crippen LogP contribution in [0.5, 0.6) is 0 Å². The van der Waals surface area contributed by atoms with Crippen molar-refractivity contribution in [2.75, 3.05) is 37.4 Å². The number of aromatic nitrogens is 1. The summed E-state index contributed by atoms with van der Waals surface area (Å²) in [5, 5.41) is 2.86. The molecule has 0 unspecified atom stereocenters. The highest BCUT2D eigenvalue weighted by Gasteiger charge is 2.18. The molecular weight excluding hydrogens is 350 g/mol. The van der Waals surface area contributed by atoms with E-state index in [9.17, 15) is 9.59 Å². The highest BCUT2D eigenvalue weighted by Crippen LogP contribution is 2.15. The largest absolute Gasteiger partial charge is 0.378 e. The van der Waals surface area contributed by atoms with Gasteiger partial charge in [0, 0.05) is 42.5 Å². The molecule has 136 valence electrons. The fraction of sp³-hybridized carbons (Fsp3) is 0.316. The second kappa shape index (κ2) is 9.35. The van der Waals surface area contributed by atoms with Crippen molar-refractivity contribution in [1.29, 1.82) is 0 Å². The molecule has 1 saturated heterocycles. The summed E-state index contributed by atoms with van der Waals surface area (Å²) in [6.45, 7) is 2.33. The van der Waals surface area contributed by atoms with Crippen molar-refractivity contribution in [1.82, 2.24) is 9.88 Å². The minimum Gasteiger partial charge on any atom is -0.378 e. The summed E-state index contributed by atoms with van der Waals surface area (Å²) in [5.74, 6) is 0.957. The molecule has 1 fully saturated rings. The number of hydrogen-bond acceptors (Lipinski definition) is 5. The van der Waals surface area contributed by atoms with Gasteiger partial charge in [-0.15, -0.1) is 11.8 Å². The number of pyridine rings is 1. The highest BCUT2D eigenvalue weighted by molar-refractivity contribution is 7.99. The van der Waals surface area contributed by atoms with Gasteiger partial charge in [0.1, 0.15) is 0 Å². The van der Waals surface area contributed by atoms with Gasteiger partial charge in [0.2, 0.25) is 5.91 Å². The molecule has 3 rings (SSSR count). The maximum atomic E-state index is 12.5. The molecule has 0 spiro atoms. The number of amides is 2. The summed E-state index contributed by atoms with van der Waals surface area (Å²) in [4.78, 5) is 30.5. The Labute approximate surface area is 156 Å². The van der Waals surface area contributed by atoms with Gasteiger partial charge >= 0.3 is 0 Å². The van der Waals surface area contributed by atoms with Crippen LogP contribution in [0.2, 0.25) is 0 Å². The maximum absolute atomic E-state index is 12.5. The van der Waals surface area contributed by atoms with Crippen LogP contribution >= 0.6 is 11.8 Å². The second-order valence-corrected chi connectivity index (χ2v) is 6.87. The molecule has 1 aliphatic heterocycles. The van der Waals surface area contributed by atoms with Gasteiger partial charge in [0.15, 0.2) is 0 Å². The van der Waals surface area contributed by atoms with Crippen LogP contribution in [-0.4, -0.2) is 53.8 Å². The first-order valence-electron chi connectivity index (χ1n) is 8.46. The van der Waals surface area contributed by atoms with E-state index in [-0.39, 0.29) is 11.8 Å². The molecule has 0 aliphatic carbocycles. The van der Waals surface area contributed by atoms with Gasteiger partial charge in [-0.2, -0.15) is 0 Å². The first-order chi connectivity index (χ1) is 12.7. The highest BCUT2D eigenvalue weighted by atomic mass is 32.2. The van der Waals surface area contributed by atoms with E-state index in [0.717, 1.165) is 11.3 Å². The minimum atomic E-state index is -0.0881. The van der Waals surface area contributed by atoms with Gasteiger partial charge < -0.3 is 15.0 Å². The van der Waals surface area contributed by atoms with Crippen molar-refractivity contribution in [3.8, 4) is 0 Å². The third-order valence-corrected chi connectivity index (χ3v) is 4.92. The van der Waals surface area contributed by atoms with Crippen molar-refractivity contribution < 1.29 is 14.3 Å². The van der Waals surface area contributed by atoms with Crippen molar-refractivity contribution >= 4 is 29.3 Å². The third-order valence-electron chi connectivity index (χ3n) is 3.92. The Morgan fingerprint density at radius 3 is 2.81 bits per heavy atom. The number of ether oxygens (including phenoxy) is 1. The lowest BCUT2D eigenvalue weighted by molar-refractivity contribution is -0.113. The molecule has 1 aromatic heterocycles. The van der Waals surface area contributed by atoms with Gasteiger partial charge in [0.05, 0.1) is 19.0 Å². The van der Waals surface area contributed by atoms with E-state index in [1.807, 2.05) is 12.1 Å². The smallest absolute Gasteiger partial charge is 0.254 e. The Hall–Kier alpha value is -2.38. The van der Waals surface area contributed by atoms with E-state index in [1.54, 1.807) is 41.6 Å². The zero-order valence-corrected chi connectivity index (χ0v) is 15.2. The predicted octanol–water partition coefficient (Wildman–Crippen LogP) is 2.43. The number of morpholine rings is 1. The Morgan fingerprint density at radius 2 is 2.04 bits per heavy atom. The fourth-order valence-corrected chi connectivity index (χ4v) is 3.39. The molecule has 0 bridgehead atoms. The van der Waals surface area contributed by atoms with Crippen molar-refractivity contribution in [3.63, 3.8) is 0 Å². The molecule has 7 heteroatoms. The summed E-state index contributed by atoms with van der Waals surface area (Å²) in [5.41, 5.74) is 2.30. The van der Waals surface area contributed by atoms with Crippen LogP contribution in [0.4, 0.5) is 5.69 Å². The molecule has 2 heterocycles. The van der Waals surface area contributed by atoms with E-state index in [4.69, 9.17) is 4.74 Å². The lowest BCUT2D eigenvalue weighted by atomic mass is 10.1. The molecule has 0 radical (unpaired) electrons. The van der Waals surface area contributed by atoms with E-state index in [2.05, 4.69) is 10.3 Å². The number of thioether (sulfide) groups is 1. The Morgan fingerprint density at radius 1 is 1.19 bits per heavy atom. The zero-order chi connectivity index (χ0) is 18.2. The fourth-order valence-electron chi connectivity index (χ4n) is 2.62. The number of hydrogen-bond donors (Lipinski definition) is 1. The minimum absolute atomic E-state index is 0.0321. The van der Waals surface area contributed by atoms with Gasteiger partial charge in [-0.05, 0) is 29.8 Å². The van der Waals surface area contributed by atoms with Crippen molar-refractivity contribution in [2.45, 2.75) is 5.75 Å². The average Bonchev–Trinajstić information content (AvgIpc) is 2.69. The molecule has 26 heavy (non-hydrogen) atoms. The molecule has 1 N–H and O–H groups in total. The monoisotopic (exact) mass is 371 g/mol. The van der Waals surface area contributed by atoms with Crippen LogP contribution in [0.25, 0.3) is 0 Å². The second-order valence-electron chi connectivity index (χ2n) is 5.89. The Kier molecular flexibility index (Phi) is 6.62. The summed E-state index contributed by atoms with van der Waals surface area (Å²) < 4.78 is 5.27. The number of anilines is 1. The molecule has 0 atom stereocenters. The van der Waals surface area contributed by atoms with Gasteiger partial charge in [0.25, 0.3) is 5.91 Å². The number of rotatable bonds is 6. The van der Waals surface area contributed by atoms with E-state index in [1.165, 1.54) is 11.8 Å². The van der Waals surface area contributed by atoms with Crippen LogP contribution in [0.3, 0.4) is 0 Å². The lowest BCUT2D eigenvalue weighted by Crippen LogP contribution is -2.40. The molecule has 6 nitrogen and oxygen atoms in total. The summed E-state index contributed by atoms with van der Waals surface area (Å²) in [7, 11) is 0. The molecule has 0 saturated carbocycles. The summed E-state index contributed by atoms with van der Waals surface area (Å²) >= 11 is 1.53. The number of carbonyl (C=O) groups excluding carboxylic acids is 2. The molecule has 2 aromatic rings. The Bertz CT molecular complexity index is 749. The van der Waals surface area contributed by atoms with Crippen LogP contribution in [0, 0.1) is 0 Å².